The summed E-state index contributed by atoms with van der Waals surface area (Å²) in [5, 5.41) is 0. The Labute approximate surface area is 116 Å². The second kappa shape index (κ2) is 6.23. The van der Waals surface area contributed by atoms with Gasteiger partial charge in [0.15, 0.2) is 0 Å². The summed E-state index contributed by atoms with van der Waals surface area (Å²) in [7, 11) is 0. The fourth-order valence-electron chi connectivity index (χ4n) is 3.38. The highest BCUT2D eigenvalue weighted by atomic mass is 16.5. The number of carbonyl (C=O) groups excluding carboxylic acids is 1. The summed E-state index contributed by atoms with van der Waals surface area (Å²) < 4.78 is 5.45. The molecule has 1 atom stereocenters. The summed E-state index contributed by atoms with van der Waals surface area (Å²) in [4.78, 5) is 16.9. The van der Waals surface area contributed by atoms with Gasteiger partial charge in [0, 0.05) is 38.7 Å². The van der Waals surface area contributed by atoms with Gasteiger partial charge < -0.3 is 14.5 Å². The molecule has 2 aliphatic heterocycles. The van der Waals surface area contributed by atoms with E-state index in [1.54, 1.807) is 0 Å². The lowest BCUT2D eigenvalue weighted by Gasteiger charge is -2.31. The minimum Gasteiger partial charge on any atom is -0.381 e. The standard InChI is InChI=1S/C15H26N2O2/c18-15(14-3-1-4-14)17-7-2-6-16(8-9-17)11-13-5-10-19-12-13/h13-14H,1-12H2. The number of nitrogens with zero attached hydrogens (tertiary/aromatic N) is 2. The van der Waals surface area contributed by atoms with E-state index in [-0.39, 0.29) is 0 Å². The van der Waals surface area contributed by atoms with Gasteiger partial charge in [0.25, 0.3) is 0 Å². The number of rotatable bonds is 3. The van der Waals surface area contributed by atoms with Gasteiger partial charge in [-0.2, -0.15) is 0 Å². The van der Waals surface area contributed by atoms with E-state index in [9.17, 15) is 4.79 Å². The van der Waals surface area contributed by atoms with Crippen molar-refractivity contribution in [3.8, 4) is 0 Å². The molecule has 4 nitrogen and oxygen atoms in total. The van der Waals surface area contributed by atoms with Crippen LogP contribution in [0.5, 0.6) is 0 Å². The molecule has 0 N–H and O–H groups in total. The van der Waals surface area contributed by atoms with E-state index < -0.39 is 0 Å². The Morgan fingerprint density at radius 2 is 1.95 bits per heavy atom. The molecule has 0 aromatic heterocycles. The summed E-state index contributed by atoms with van der Waals surface area (Å²) in [5.74, 6) is 1.50. The minimum atomic E-state index is 0.356. The van der Waals surface area contributed by atoms with Crippen molar-refractivity contribution in [1.82, 2.24) is 9.80 Å². The van der Waals surface area contributed by atoms with Crippen LogP contribution in [0.25, 0.3) is 0 Å². The molecule has 1 saturated carbocycles. The highest BCUT2D eigenvalue weighted by molar-refractivity contribution is 5.79. The average Bonchev–Trinajstić information content (AvgIpc) is 2.72. The van der Waals surface area contributed by atoms with Crippen LogP contribution in [0, 0.1) is 11.8 Å². The van der Waals surface area contributed by atoms with Crippen LogP contribution < -0.4 is 0 Å². The van der Waals surface area contributed by atoms with E-state index in [2.05, 4.69) is 9.80 Å². The van der Waals surface area contributed by atoms with E-state index in [0.717, 1.165) is 65.2 Å². The number of ether oxygens (including phenoxy) is 1. The Morgan fingerprint density at radius 3 is 2.63 bits per heavy atom. The summed E-state index contributed by atoms with van der Waals surface area (Å²) in [6, 6.07) is 0. The molecule has 4 heteroatoms. The molecule has 3 aliphatic rings. The van der Waals surface area contributed by atoms with Crippen LogP contribution in [0.4, 0.5) is 0 Å². The van der Waals surface area contributed by atoms with Crippen LogP contribution >= 0.6 is 0 Å². The number of carbonyl (C=O) groups is 1. The molecule has 2 heterocycles. The van der Waals surface area contributed by atoms with Gasteiger partial charge in [0.05, 0.1) is 6.61 Å². The monoisotopic (exact) mass is 266 g/mol. The maximum atomic E-state index is 12.3. The first-order valence-electron chi connectivity index (χ1n) is 7.92. The van der Waals surface area contributed by atoms with Gasteiger partial charge in [-0.25, -0.2) is 0 Å². The molecule has 2 saturated heterocycles. The van der Waals surface area contributed by atoms with Gasteiger partial charge in [-0.3, -0.25) is 4.79 Å². The van der Waals surface area contributed by atoms with Crippen molar-refractivity contribution in [1.29, 1.82) is 0 Å². The average molecular weight is 266 g/mol. The second-order valence-corrected chi connectivity index (χ2v) is 6.34. The molecule has 0 radical (unpaired) electrons. The molecule has 0 spiro atoms. The Morgan fingerprint density at radius 1 is 1.05 bits per heavy atom. The highest BCUT2D eigenvalue weighted by Gasteiger charge is 2.30. The zero-order chi connectivity index (χ0) is 13.1. The lowest BCUT2D eigenvalue weighted by Crippen LogP contribution is -2.41. The van der Waals surface area contributed by atoms with Crippen LogP contribution in [0.3, 0.4) is 0 Å². The van der Waals surface area contributed by atoms with Crippen molar-refractivity contribution >= 4 is 5.91 Å². The predicted octanol–water partition coefficient (Wildman–Crippen LogP) is 1.36. The van der Waals surface area contributed by atoms with E-state index in [0.29, 0.717) is 17.7 Å². The third-order valence-corrected chi connectivity index (χ3v) is 4.89. The largest absolute Gasteiger partial charge is 0.381 e. The maximum absolute atomic E-state index is 12.3. The molecule has 3 rings (SSSR count). The van der Waals surface area contributed by atoms with Crippen molar-refractivity contribution in [3.63, 3.8) is 0 Å². The number of hydrogen-bond acceptors (Lipinski definition) is 3. The smallest absolute Gasteiger partial charge is 0.225 e. The summed E-state index contributed by atoms with van der Waals surface area (Å²) in [6.07, 6.45) is 5.84. The first-order chi connectivity index (χ1) is 9.33. The Kier molecular flexibility index (Phi) is 4.38. The Hall–Kier alpha value is -0.610. The zero-order valence-electron chi connectivity index (χ0n) is 11.9. The van der Waals surface area contributed by atoms with Gasteiger partial charge in [-0.15, -0.1) is 0 Å². The molecule has 19 heavy (non-hydrogen) atoms. The molecular formula is C15H26N2O2. The van der Waals surface area contributed by atoms with Gasteiger partial charge in [0.2, 0.25) is 5.91 Å². The third kappa shape index (κ3) is 3.29. The third-order valence-electron chi connectivity index (χ3n) is 4.89. The van der Waals surface area contributed by atoms with Crippen molar-refractivity contribution in [3.05, 3.63) is 0 Å². The molecule has 108 valence electrons. The highest BCUT2D eigenvalue weighted by Crippen LogP contribution is 2.28. The summed E-state index contributed by atoms with van der Waals surface area (Å²) in [5.41, 5.74) is 0. The molecule has 3 fully saturated rings. The lowest BCUT2D eigenvalue weighted by molar-refractivity contribution is -0.138. The van der Waals surface area contributed by atoms with Crippen molar-refractivity contribution in [2.75, 3.05) is 45.9 Å². The van der Waals surface area contributed by atoms with Crippen molar-refractivity contribution in [2.45, 2.75) is 32.1 Å². The molecule has 1 aliphatic carbocycles. The van der Waals surface area contributed by atoms with Crippen LogP contribution in [0.1, 0.15) is 32.1 Å². The fraction of sp³-hybridized carbons (Fsp3) is 0.933. The van der Waals surface area contributed by atoms with E-state index in [4.69, 9.17) is 4.74 Å². The topological polar surface area (TPSA) is 32.8 Å². The van der Waals surface area contributed by atoms with E-state index in [1.165, 1.54) is 12.8 Å². The normalized spacial score (nSPS) is 30.1. The Bertz CT molecular complexity index is 311. The number of amides is 1. The summed E-state index contributed by atoms with van der Waals surface area (Å²) >= 11 is 0. The SMILES string of the molecule is O=C(C1CCC1)N1CCCN(CC2CCOC2)CC1. The van der Waals surface area contributed by atoms with E-state index >= 15 is 0 Å². The van der Waals surface area contributed by atoms with Crippen LogP contribution in [0.2, 0.25) is 0 Å². The van der Waals surface area contributed by atoms with Crippen LogP contribution in [-0.2, 0) is 9.53 Å². The molecule has 1 unspecified atom stereocenters. The first kappa shape index (κ1) is 13.4. The minimum absolute atomic E-state index is 0.356. The lowest BCUT2D eigenvalue weighted by atomic mass is 9.84. The van der Waals surface area contributed by atoms with Crippen molar-refractivity contribution in [2.24, 2.45) is 11.8 Å². The van der Waals surface area contributed by atoms with Crippen molar-refractivity contribution < 1.29 is 9.53 Å². The molecular weight excluding hydrogens is 240 g/mol. The fourth-order valence-corrected chi connectivity index (χ4v) is 3.38. The van der Waals surface area contributed by atoms with Gasteiger partial charge in [-0.1, -0.05) is 6.42 Å². The number of hydrogen-bond donors (Lipinski definition) is 0. The molecule has 0 aromatic rings. The molecule has 1 amide bonds. The Balaban J connectivity index is 1.46. The maximum Gasteiger partial charge on any atom is 0.225 e. The quantitative estimate of drug-likeness (QED) is 0.773. The molecule has 0 aromatic carbocycles. The second-order valence-electron chi connectivity index (χ2n) is 6.34. The predicted molar refractivity (Wildman–Crippen MR) is 73.9 cm³/mol. The summed E-state index contributed by atoms with van der Waals surface area (Å²) in [6.45, 7) is 7.12. The molecule has 0 bridgehead atoms. The van der Waals surface area contributed by atoms with Gasteiger partial charge >= 0.3 is 0 Å². The van der Waals surface area contributed by atoms with Crippen LogP contribution in [0.15, 0.2) is 0 Å². The van der Waals surface area contributed by atoms with Crippen LogP contribution in [-0.4, -0.2) is 61.6 Å². The van der Waals surface area contributed by atoms with Gasteiger partial charge in [-0.05, 0) is 38.1 Å². The zero-order valence-corrected chi connectivity index (χ0v) is 11.9. The van der Waals surface area contributed by atoms with E-state index in [1.807, 2.05) is 0 Å². The van der Waals surface area contributed by atoms with Gasteiger partial charge in [0.1, 0.15) is 0 Å². The first-order valence-corrected chi connectivity index (χ1v) is 7.92.